The number of halogens is 4. The lowest BCUT2D eigenvalue weighted by molar-refractivity contribution is -0.139. The van der Waals surface area contributed by atoms with Crippen LogP contribution in [0.2, 0.25) is 0 Å². The summed E-state index contributed by atoms with van der Waals surface area (Å²) in [5.41, 5.74) is -1.44. The number of nitrogens with one attached hydrogen (secondary N) is 2. The third-order valence-electron chi connectivity index (χ3n) is 5.23. The highest BCUT2D eigenvalue weighted by Crippen LogP contribution is 2.36. The van der Waals surface area contributed by atoms with Gasteiger partial charge in [-0.3, -0.25) is 14.9 Å². The molecule has 0 radical (unpaired) electrons. The lowest BCUT2D eigenvalue weighted by Crippen LogP contribution is -2.35. The van der Waals surface area contributed by atoms with Crippen LogP contribution in [0.25, 0.3) is 11.3 Å². The molecule has 1 aromatic carbocycles. The molecule has 7 nitrogen and oxygen atoms in total. The summed E-state index contributed by atoms with van der Waals surface area (Å²) in [6.07, 6.45) is -2.63. The number of hydrogen-bond donors (Lipinski definition) is 2. The third kappa shape index (κ3) is 5.16. The Bertz CT molecular complexity index is 1210. The number of hydrogen-bond acceptors (Lipinski definition) is 6. The van der Waals surface area contributed by atoms with Crippen molar-refractivity contribution in [1.29, 1.82) is 0 Å². The molecule has 12 heteroatoms. The molecule has 2 N–H and O–H groups in total. The zero-order valence-electron chi connectivity index (χ0n) is 17.8. The fraction of sp³-hybridized carbons (Fsp3) is 0.273. The minimum atomic E-state index is -4.83. The van der Waals surface area contributed by atoms with Gasteiger partial charge in [-0.15, -0.1) is 11.3 Å². The fourth-order valence-electron chi connectivity index (χ4n) is 3.65. The van der Waals surface area contributed by atoms with Gasteiger partial charge in [0.25, 0.3) is 5.91 Å². The molecule has 2 aromatic heterocycles. The third-order valence-corrected chi connectivity index (χ3v) is 5.99. The van der Waals surface area contributed by atoms with Crippen LogP contribution in [0.4, 0.5) is 28.5 Å². The summed E-state index contributed by atoms with van der Waals surface area (Å²) in [7, 11) is 0. The molecule has 1 aliphatic rings. The maximum Gasteiger partial charge on any atom is 0.419 e. The number of carbonyl (C=O) groups excluding carboxylic acids is 2. The van der Waals surface area contributed by atoms with Gasteiger partial charge in [0.1, 0.15) is 11.6 Å². The van der Waals surface area contributed by atoms with Crippen LogP contribution in [-0.2, 0) is 11.0 Å². The molecule has 1 atom stereocenters. The first-order chi connectivity index (χ1) is 16.1. The van der Waals surface area contributed by atoms with E-state index in [1.54, 1.807) is 12.1 Å². The van der Waals surface area contributed by atoms with E-state index in [4.69, 9.17) is 0 Å². The molecule has 3 aromatic rings. The summed E-state index contributed by atoms with van der Waals surface area (Å²) in [5, 5.41) is 6.90. The Morgan fingerprint density at radius 2 is 2.00 bits per heavy atom. The number of amides is 2. The first-order valence-electron chi connectivity index (χ1n) is 10.2. The molecule has 0 saturated carbocycles. The number of pyridine rings is 1. The summed E-state index contributed by atoms with van der Waals surface area (Å²) in [6, 6.07) is 6.28. The van der Waals surface area contributed by atoms with Gasteiger partial charge in [-0.1, -0.05) is 6.07 Å². The van der Waals surface area contributed by atoms with Crippen molar-refractivity contribution in [3.63, 3.8) is 0 Å². The van der Waals surface area contributed by atoms with Crippen LogP contribution < -0.4 is 15.5 Å². The van der Waals surface area contributed by atoms with E-state index in [9.17, 15) is 27.2 Å². The molecule has 2 amide bonds. The van der Waals surface area contributed by atoms with E-state index in [1.165, 1.54) is 24.6 Å². The monoisotopic (exact) mass is 493 g/mol. The molecule has 1 aliphatic heterocycles. The van der Waals surface area contributed by atoms with Crippen molar-refractivity contribution in [2.24, 2.45) is 0 Å². The molecule has 3 heterocycles. The second kappa shape index (κ2) is 9.37. The molecule has 34 heavy (non-hydrogen) atoms. The standard InChI is InChI=1S/C22H19F4N5O2S/c1-12(32)28-14-7-8-31(10-14)18-6-5-13(9-27-18)20(33)30-21-29-17(11-34-21)15-3-2-4-16(19(15)23)22(24,25)26/h2-6,9,11,14H,7-8,10H2,1H3,(H,28,32)(H,29,30,33). The predicted octanol–water partition coefficient (Wildman–Crippen LogP) is 4.33. The molecular formula is C22H19F4N5O2S. The summed E-state index contributed by atoms with van der Waals surface area (Å²) in [5.74, 6) is -1.35. The van der Waals surface area contributed by atoms with Crippen molar-refractivity contribution in [2.45, 2.75) is 25.6 Å². The molecule has 0 spiro atoms. The van der Waals surface area contributed by atoms with Gasteiger partial charge in [0, 0.05) is 43.2 Å². The van der Waals surface area contributed by atoms with Crippen LogP contribution in [0, 0.1) is 5.82 Å². The Labute approximate surface area is 195 Å². The number of aromatic nitrogens is 2. The molecule has 178 valence electrons. The lowest BCUT2D eigenvalue weighted by atomic mass is 10.1. The van der Waals surface area contributed by atoms with Gasteiger partial charge in [-0.25, -0.2) is 14.4 Å². The average Bonchev–Trinajstić information content (AvgIpc) is 3.42. The number of carbonyl (C=O) groups is 2. The van der Waals surface area contributed by atoms with Gasteiger partial charge in [0.2, 0.25) is 5.91 Å². The predicted molar refractivity (Wildman–Crippen MR) is 119 cm³/mol. The second-order valence-corrected chi connectivity index (χ2v) is 8.55. The zero-order valence-corrected chi connectivity index (χ0v) is 18.6. The van der Waals surface area contributed by atoms with Crippen molar-refractivity contribution in [3.05, 3.63) is 58.9 Å². The number of rotatable bonds is 5. The van der Waals surface area contributed by atoms with Gasteiger partial charge in [0.15, 0.2) is 5.13 Å². The van der Waals surface area contributed by atoms with Crippen molar-refractivity contribution in [1.82, 2.24) is 15.3 Å². The van der Waals surface area contributed by atoms with Crippen LogP contribution in [0.5, 0.6) is 0 Å². The summed E-state index contributed by atoms with van der Waals surface area (Å²) in [4.78, 5) is 34.1. The van der Waals surface area contributed by atoms with E-state index in [2.05, 4.69) is 20.6 Å². The van der Waals surface area contributed by atoms with Gasteiger partial charge in [0.05, 0.1) is 16.8 Å². The van der Waals surface area contributed by atoms with E-state index in [0.717, 1.165) is 30.4 Å². The van der Waals surface area contributed by atoms with E-state index < -0.39 is 23.5 Å². The van der Waals surface area contributed by atoms with Crippen molar-refractivity contribution < 1.29 is 27.2 Å². The number of benzene rings is 1. The van der Waals surface area contributed by atoms with Crippen molar-refractivity contribution in [3.8, 4) is 11.3 Å². The first kappa shape index (κ1) is 23.6. The Balaban J connectivity index is 1.42. The number of thiazole rings is 1. The highest BCUT2D eigenvalue weighted by atomic mass is 32.1. The lowest BCUT2D eigenvalue weighted by Gasteiger charge is -2.17. The molecule has 1 fully saturated rings. The van der Waals surface area contributed by atoms with Crippen molar-refractivity contribution in [2.75, 3.05) is 23.3 Å². The Morgan fingerprint density at radius 1 is 1.21 bits per heavy atom. The van der Waals surface area contributed by atoms with Gasteiger partial charge in [-0.05, 0) is 30.7 Å². The van der Waals surface area contributed by atoms with Crippen LogP contribution in [0.15, 0.2) is 41.9 Å². The minimum Gasteiger partial charge on any atom is -0.354 e. The first-order valence-corrected chi connectivity index (χ1v) is 11.1. The Kier molecular flexibility index (Phi) is 6.51. The molecule has 1 unspecified atom stereocenters. The van der Waals surface area contributed by atoms with Crippen LogP contribution in [0.1, 0.15) is 29.3 Å². The molecule has 0 bridgehead atoms. The van der Waals surface area contributed by atoms with Gasteiger partial charge in [-0.2, -0.15) is 13.2 Å². The smallest absolute Gasteiger partial charge is 0.354 e. The van der Waals surface area contributed by atoms with Gasteiger partial charge >= 0.3 is 6.18 Å². The minimum absolute atomic E-state index is 0.0138. The molecule has 4 rings (SSSR count). The zero-order chi connectivity index (χ0) is 24.5. The van der Waals surface area contributed by atoms with Crippen molar-refractivity contribution >= 4 is 34.1 Å². The number of nitrogens with zero attached hydrogens (tertiary/aromatic N) is 3. The summed E-state index contributed by atoms with van der Waals surface area (Å²) < 4.78 is 53.3. The van der Waals surface area contributed by atoms with Crippen LogP contribution >= 0.6 is 11.3 Å². The molecule has 0 aliphatic carbocycles. The van der Waals surface area contributed by atoms with Crippen LogP contribution in [0.3, 0.4) is 0 Å². The largest absolute Gasteiger partial charge is 0.419 e. The Hall–Kier alpha value is -3.54. The number of alkyl halides is 3. The average molecular weight is 493 g/mol. The van der Waals surface area contributed by atoms with E-state index in [1.807, 2.05) is 4.90 Å². The maximum absolute atomic E-state index is 14.4. The Morgan fingerprint density at radius 3 is 2.68 bits per heavy atom. The van der Waals surface area contributed by atoms with Gasteiger partial charge < -0.3 is 10.2 Å². The highest BCUT2D eigenvalue weighted by molar-refractivity contribution is 7.14. The van der Waals surface area contributed by atoms with E-state index in [-0.39, 0.29) is 33.9 Å². The maximum atomic E-state index is 14.4. The van der Waals surface area contributed by atoms with Crippen LogP contribution in [-0.4, -0.2) is 40.9 Å². The quantitative estimate of drug-likeness (QED) is 0.517. The molecular weight excluding hydrogens is 474 g/mol. The van der Waals surface area contributed by atoms with E-state index >= 15 is 0 Å². The highest BCUT2D eigenvalue weighted by Gasteiger charge is 2.35. The summed E-state index contributed by atoms with van der Waals surface area (Å²) >= 11 is 0.964. The number of anilines is 2. The normalized spacial score (nSPS) is 15.9. The topological polar surface area (TPSA) is 87.2 Å². The summed E-state index contributed by atoms with van der Waals surface area (Å²) in [6.45, 7) is 2.80. The second-order valence-electron chi connectivity index (χ2n) is 7.69. The SMILES string of the molecule is CC(=O)NC1CCN(c2ccc(C(=O)Nc3nc(-c4cccc(C(F)(F)F)c4F)cs3)cn2)C1. The van der Waals surface area contributed by atoms with E-state index in [0.29, 0.717) is 18.4 Å². The fourth-order valence-corrected chi connectivity index (χ4v) is 4.36. The molecule has 1 saturated heterocycles.